The van der Waals surface area contributed by atoms with Crippen LogP contribution in [0.2, 0.25) is 0 Å². The molecule has 4 unspecified atom stereocenters. The van der Waals surface area contributed by atoms with Gasteiger partial charge in [0.1, 0.15) is 0 Å². The van der Waals surface area contributed by atoms with Gasteiger partial charge < -0.3 is 15.4 Å². The number of rotatable bonds is 6. The van der Waals surface area contributed by atoms with Gasteiger partial charge in [0.15, 0.2) is 5.13 Å². The Hall–Kier alpha value is -1.12. The normalized spacial score (nSPS) is 29.2. The molecule has 2 saturated carbocycles. The van der Waals surface area contributed by atoms with E-state index in [1.54, 1.807) is 25.9 Å². The molecule has 0 aliphatic heterocycles. The second-order valence-corrected chi connectivity index (χ2v) is 9.42. The predicted molar refractivity (Wildman–Crippen MR) is 99.9 cm³/mol. The third-order valence-corrected chi connectivity index (χ3v) is 7.53. The lowest BCUT2D eigenvalue weighted by Crippen LogP contribution is -2.44. The molecule has 2 aliphatic carbocycles. The van der Waals surface area contributed by atoms with Crippen molar-refractivity contribution in [1.82, 2.24) is 10.3 Å². The van der Waals surface area contributed by atoms with Crippen LogP contribution < -0.4 is 10.6 Å². The van der Waals surface area contributed by atoms with Gasteiger partial charge in [-0.1, -0.05) is 18.3 Å². The number of anilines is 1. The molecule has 0 aromatic carbocycles. The van der Waals surface area contributed by atoms with Gasteiger partial charge in [-0.2, -0.15) is 0 Å². The summed E-state index contributed by atoms with van der Waals surface area (Å²) in [5.74, 6) is 0.636. The first-order valence-electron chi connectivity index (χ1n) is 8.69. The van der Waals surface area contributed by atoms with Gasteiger partial charge in [0.05, 0.1) is 22.4 Å². The van der Waals surface area contributed by atoms with Gasteiger partial charge in [-0.3, -0.25) is 9.59 Å². The Morgan fingerprint density at radius 1 is 1.32 bits per heavy atom. The highest BCUT2D eigenvalue weighted by atomic mass is 32.2. The summed E-state index contributed by atoms with van der Waals surface area (Å²) in [4.78, 5) is 28.3. The first kappa shape index (κ1) is 18.7. The fourth-order valence-corrected chi connectivity index (χ4v) is 5.69. The number of thiazole rings is 1. The molecule has 0 spiro atoms. The van der Waals surface area contributed by atoms with Crippen LogP contribution in [0.25, 0.3) is 0 Å². The van der Waals surface area contributed by atoms with Gasteiger partial charge in [-0.15, -0.1) is 11.8 Å². The summed E-state index contributed by atoms with van der Waals surface area (Å²) < 4.78 is 6.62. The third-order valence-electron chi connectivity index (χ3n) is 4.99. The molecule has 6 nitrogen and oxygen atoms in total. The molecule has 1 heterocycles. The topological polar surface area (TPSA) is 80.3 Å². The fraction of sp³-hybridized carbons (Fsp3) is 0.706. The van der Waals surface area contributed by atoms with Gasteiger partial charge in [0.2, 0.25) is 11.8 Å². The van der Waals surface area contributed by atoms with Crippen LogP contribution in [0.4, 0.5) is 5.13 Å². The summed E-state index contributed by atoms with van der Waals surface area (Å²) in [6.45, 7) is 2.21. The molecule has 25 heavy (non-hydrogen) atoms. The first-order valence-corrected chi connectivity index (χ1v) is 10.4. The Labute approximate surface area is 156 Å². The average Bonchev–Trinajstić information content (AvgIpc) is 3.37. The van der Waals surface area contributed by atoms with Gasteiger partial charge in [0, 0.05) is 25.3 Å². The molecule has 2 fully saturated rings. The van der Waals surface area contributed by atoms with Crippen LogP contribution in [0.3, 0.4) is 0 Å². The Balaban J connectivity index is 1.62. The largest absolute Gasteiger partial charge is 0.381 e. The zero-order valence-corrected chi connectivity index (χ0v) is 16.4. The molecule has 1 aromatic heterocycles. The van der Waals surface area contributed by atoms with Crippen molar-refractivity contribution < 1.29 is 14.3 Å². The van der Waals surface area contributed by atoms with Crippen LogP contribution in [0.1, 0.15) is 32.6 Å². The number of nitrogens with one attached hydrogen (secondary N) is 2. The molecular formula is C17H25N3O3S2. The van der Waals surface area contributed by atoms with Crippen molar-refractivity contribution in [3.8, 4) is 0 Å². The highest BCUT2D eigenvalue weighted by Gasteiger charge is 2.39. The fourth-order valence-electron chi connectivity index (χ4n) is 3.28. The summed E-state index contributed by atoms with van der Waals surface area (Å²) in [5, 5.41) is 6.65. The maximum Gasteiger partial charge on any atom is 0.229 e. The van der Waals surface area contributed by atoms with Gasteiger partial charge in [-0.25, -0.2) is 4.98 Å². The van der Waals surface area contributed by atoms with Crippen LogP contribution in [0.5, 0.6) is 0 Å². The molecule has 4 atom stereocenters. The number of nitrogens with zero attached hydrogens (tertiary/aromatic N) is 1. The summed E-state index contributed by atoms with van der Waals surface area (Å²) in [5.41, 5.74) is 0. The van der Waals surface area contributed by atoms with Crippen molar-refractivity contribution in [3.05, 3.63) is 6.20 Å². The van der Waals surface area contributed by atoms with E-state index in [1.165, 1.54) is 11.3 Å². The van der Waals surface area contributed by atoms with E-state index in [2.05, 4.69) is 22.5 Å². The first-order chi connectivity index (χ1) is 12.0. The zero-order valence-electron chi connectivity index (χ0n) is 14.8. The van der Waals surface area contributed by atoms with E-state index in [1.807, 2.05) is 6.20 Å². The van der Waals surface area contributed by atoms with Crippen molar-refractivity contribution in [2.45, 2.75) is 48.2 Å². The lowest BCUT2D eigenvalue weighted by atomic mass is 9.79. The molecule has 0 bridgehead atoms. The highest BCUT2D eigenvalue weighted by Crippen LogP contribution is 2.43. The molecule has 0 saturated heterocycles. The van der Waals surface area contributed by atoms with E-state index >= 15 is 0 Å². The molecule has 2 amide bonds. The molecule has 1 aromatic rings. The molecule has 2 N–H and O–H groups in total. The van der Waals surface area contributed by atoms with Gasteiger partial charge in [0.25, 0.3) is 0 Å². The van der Waals surface area contributed by atoms with Crippen molar-refractivity contribution in [2.75, 3.05) is 19.5 Å². The van der Waals surface area contributed by atoms with E-state index in [9.17, 15) is 9.59 Å². The van der Waals surface area contributed by atoms with Crippen molar-refractivity contribution >= 4 is 40.0 Å². The number of carbonyl (C=O) groups is 2. The van der Waals surface area contributed by atoms with Gasteiger partial charge in [-0.05, 0) is 31.6 Å². The average molecular weight is 384 g/mol. The Morgan fingerprint density at radius 3 is 2.72 bits per heavy atom. The lowest BCUT2D eigenvalue weighted by Gasteiger charge is -2.38. The second kappa shape index (κ2) is 8.05. The lowest BCUT2D eigenvalue weighted by molar-refractivity contribution is -0.131. The van der Waals surface area contributed by atoms with Crippen LogP contribution >= 0.6 is 23.1 Å². The van der Waals surface area contributed by atoms with Crippen LogP contribution in [0, 0.1) is 17.8 Å². The third kappa shape index (κ3) is 4.54. The van der Waals surface area contributed by atoms with Crippen molar-refractivity contribution in [2.24, 2.45) is 17.8 Å². The van der Waals surface area contributed by atoms with E-state index in [0.29, 0.717) is 16.3 Å². The number of hydrogen-bond acceptors (Lipinski definition) is 6. The molecular weight excluding hydrogens is 358 g/mol. The molecule has 8 heteroatoms. The highest BCUT2D eigenvalue weighted by molar-refractivity contribution is 8.01. The monoisotopic (exact) mass is 383 g/mol. The number of thioether (sulfide) groups is 1. The predicted octanol–water partition coefficient (Wildman–Crippen LogP) is 2.76. The minimum absolute atomic E-state index is 0.0262. The number of carbonyl (C=O) groups excluding carboxylic acids is 2. The van der Waals surface area contributed by atoms with Crippen LogP contribution in [-0.4, -0.2) is 42.3 Å². The Bertz CT molecular complexity index is 632. The van der Waals surface area contributed by atoms with Crippen LogP contribution in [0.15, 0.2) is 10.4 Å². The number of amides is 2. The van der Waals surface area contributed by atoms with E-state index in [0.717, 1.165) is 29.9 Å². The number of hydrogen-bond donors (Lipinski definition) is 2. The van der Waals surface area contributed by atoms with Crippen molar-refractivity contribution in [3.63, 3.8) is 0 Å². The number of aromatic nitrogens is 1. The Morgan fingerprint density at radius 2 is 2.08 bits per heavy atom. The van der Waals surface area contributed by atoms with E-state index in [-0.39, 0.29) is 29.8 Å². The number of ether oxygens (including phenoxy) is 1. The van der Waals surface area contributed by atoms with Crippen LogP contribution in [-0.2, 0) is 14.3 Å². The summed E-state index contributed by atoms with van der Waals surface area (Å²) in [6, 6.07) is 0. The molecule has 2 aliphatic rings. The summed E-state index contributed by atoms with van der Waals surface area (Å²) in [7, 11) is 3.35. The molecule has 3 rings (SSSR count). The van der Waals surface area contributed by atoms with E-state index < -0.39 is 0 Å². The summed E-state index contributed by atoms with van der Waals surface area (Å²) in [6.07, 6.45) is 5.42. The summed E-state index contributed by atoms with van der Waals surface area (Å²) >= 11 is 3.27. The molecule has 138 valence electrons. The number of methoxy groups -OCH3 is 1. The molecule has 0 radical (unpaired) electrons. The minimum atomic E-state index is -0.120. The standard InChI is InChI=1S/C17H25N3O3S2/c1-9-6-12(23-3)11(16(22)18-2)7-13(9)24-14-8-19-17(25-14)20-15(21)10-4-5-10/h8-13H,4-7H2,1-3H3,(H,18,22)(H,19,20,21). The maximum atomic E-state index is 12.2. The van der Waals surface area contributed by atoms with Gasteiger partial charge >= 0.3 is 0 Å². The zero-order chi connectivity index (χ0) is 18.0. The quantitative estimate of drug-likeness (QED) is 0.789. The SMILES string of the molecule is CNC(=O)C1CC(Sc2cnc(NC(=O)C3CC3)s2)C(C)CC1OC. The van der Waals surface area contributed by atoms with E-state index in [4.69, 9.17) is 4.74 Å². The van der Waals surface area contributed by atoms with Crippen molar-refractivity contribution in [1.29, 1.82) is 0 Å². The Kier molecular flexibility index (Phi) is 6.01. The second-order valence-electron chi connectivity index (χ2n) is 6.85. The maximum absolute atomic E-state index is 12.2. The smallest absolute Gasteiger partial charge is 0.229 e. The minimum Gasteiger partial charge on any atom is -0.381 e.